The lowest BCUT2D eigenvalue weighted by atomic mass is 10.1. The van der Waals surface area contributed by atoms with Crippen molar-refractivity contribution in [2.45, 2.75) is 12.3 Å². The smallest absolute Gasteiger partial charge is 0.148 e. The predicted molar refractivity (Wildman–Crippen MR) is 79.5 cm³/mol. The van der Waals surface area contributed by atoms with E-state index in [0.29, 0.717) is 11.0 Å². The molecule has 5 heteroatoms. The monoisotopic (exact) mass is 378 g/mol. The lowest BCUT2D eigenvalue weighted by Crippen LogP contribution is -2.01. The maximum atomic E-state index is 6.10. The van der Waals surface area contributed by atoms with E-state index in [2.05, 4.69) is 32.6 Å². The van der Waals surface area contributed by atoms with Gasteiger partial charge >= 0.3 is 0 Å². The Labute approximate surface area is 124 Å². The zero-order valence-electron chi connectivity index (χ0n) is 8.99. The highest BCUT2D eigenvalue weighted by molar-refractivity contribution is 14.1. The van der Waals surface area contributed by atoms with Crippen LogP contribution in [0.4, 0.5) is 0 Å². The minimum atomic E-state index is -0.257. The van der Waals surface area contributed by atoms with Crippen LogP contribution < -0.4 is 0 Å². The SMILES string of the molecule is CC(Cl)c1nc(Cl)c(I)c(-c2ccccc2)n1. The third-order valence-corrected chi connectivity index (χ3v) is 4.04. The largest absolute Gasteiger partial charge is 0.230 e. The van der Waals surface area contributed by atoms with Crippen LogP contribution in [0.15, 0.2) is 30.3 Å². The zero-order valence-corrected chi connectivity index (χ0v) is 12.7. The average Bonchev–Trinajstić information content (AvgIpc) is 2.33. The molecule has 1 atom stereocenters. The van der Waals surface area contributed by atoms with Gasteiger partial charge in [-0.05, 0) is 29.5 Å². The lowest BCUT2D eigenvalue weighted by molar-refractivity contribution is 0.909. The van der Waals surface area contributed by atoms with Crippen molar-refractivity contribution in [3.05, 3.63) is 44.9 Å². The molecule has 0 N–H and O–H groups in total. The molecule has 0 aliphatic rings. The van der Waals surface area contributed by atoms with Crippen LogP contribution in [-0.2, 0) is 0 Å². The van der Waals surface area contributed by atoms with Crippen molar-refractivity contribution in [3.8, 4) is 11.3 Å². The molecule has 88 valence electrons. The van der Waals surface area contributed by atoms with Gasteiger partial charge < -0.3 is 0 Å². The van der Waals surface area contributed by atoms with Gasteiger partial charge in [-0.25, -0.2) is 9.97 Å². The maximum Gasteiger partial charge on any atom is 0.148 e. The highest BCUT2D eigenvalue weighted by Gasteiger charge is 2.14. The van der Waals surface area contributed by atoms with Gasteiger partial charge in [0.25, 0.3) is 0 Å². The molecule has 0 saturated heterocycles. The summed E-state index contributed by atoms with van der Waals surface area (Å²) in [5.41, 5.74) is 1.84. The van der Waals surface area contributed by atoms with E-state index < -0.39 is 0 Å². The molecule has 0 aliphatic carbocycles. The van der Waals surface area contributed by atoms with Gasteiger partial charge in [0.2, 0.25) is 0 Å². The second-order valence-corrected chi connectivity index (χ2v) is 5.61. The van der Waals surface area contributed by atoms with E-state index in [9.17, 15) is 0 Å². The summed E-state index contributed by atoms with van der Waals surface area (Å²) < 4.78 is 0.844. The summed E-state index contributed by atoms with van der Waals surface area (Å²) in [6.07, 6.45) is 0. The lowest BCUT2D eigenvalue weighted by Gasteiger charge is -2.09. The Bertz CT molecular complexity index is 530. The van der Waals surface area contributed by atoms with Crippen molar-refractivity contribution in [1.29, 1.82) is 0 Å². The number of nitrogens with zero attached hydrogens (tertiary/aromatic N) is 2. The van der Waals surface area contributed by atoms with E-state index >= 15 is 0 Å². The molecule has 17 heavy (non-hydrogen) atoms. The number of alkyl halides is 1. The first-order valence-corrected chi connectivity index (χ1v) is 6.91. The van der Waals surface area contributed by atoms with E-state index in [1.807, 2.05) is 37.3 Å². The van der Waals surface area contributed by atoms with Crippen LogP contribution in [-0.4, -0.2) is 9.97 Å². The van der Waals surface area contributed by atoms with Gasteiger partial charge in [0.15, 0.2) is 0 Å². The topological polar surface area (TPSA) is 25.8 Å². The molecule has 2 rings (SSSR count). The van der Waals surface area contributed by atoms with Crippen LogP contribution in [0.5, 0.6) is 0 Å². The first kappa shape index (κ1) is 13.1. The molecular formula is C12H9Cl2IN2. The molecule has 0 spiro atoms. The van der Waals surface area contributed by atoms with Crippen LogP contribution >= 0.6 is 45.8 Å². The Morgan fingerprint density at radius 1 is 1.18 bits per heavy atom. The second-order valence-electron chi connectivity index (χ2n) is 3.52. The number of aromatic nitrogens is 2. The van der Waals surface area contributed by atoms with E-state index in [0.717, 1.165) is 14.8 Å². The van der Waals surface area contributed by atoms with Crippen molar-refractivity contribution >= 4 is 45.8 Å². The molecule has 1 heterocycles. The summed E-state index contributed by atoms with van der Waals surface area (Å²) in [5.74, 6) is 0.552. The van der Waals surface area contributed by atoms with Gasteiger partial charge in [-0.3, -0.25) is 0 Å². The average molecular weight is 379 g/mol. The first-order chi connectivity index (χ1) is 8.09. The van der Waals surface area contributed by atoms with Crippen molar-refractivity contribution in [2.24, 2.45) is 0 Å². The van der Waals surface area contributed by atoms with E-state index in [1.165, 1.54) is 0 Å². The van der Waals surface area contributed by atoms with Crippen LogP contribution in [0.3, 0.4) is 0 Å². The van der Waals surface area contributed by atoms with E-state index in [4.69, 9.17) is 23.2 Å². The molecule has 0 fully saturated rings. The maximum absolute atomic E-state index is 6.10. The molecule has 0 saturated carbocycles. The number of hydrogen-bond donors (Lipinski definition) is 0. The van der Waals surface area contributed by atoms with Crippen molar-refractivity contribution in [2.75, 3.05) is 0 Å². The Morgan fingerprint density at radius 2 is 1.82 bits per heavy atom. The zero-order chi connectivity index (χ0) is 12.4. The summed E-state index contributed by atoms with van der Waals surface area (Å²) in [6, 6.07) is 9.87. The molecule has 1 unspecified atom stereocenters. The van der Waals surface area contributed by atoms with Gasteiger partial charge in [-0.2, -0.15) is 0 Å². The minimum absolute atomic E-state index is 0.257. The van der Waals surface area contributed by atoms with Gasteiger partial charge in [0, 0.05) is 5.56 Å². The third kappa shape index (κ3) is 2.89. The highest BCUT2D eigenvalue weighted by Crippen LogP contribution is 2.29. The number of halogens is 3. The fourth-order valence-corrected chi connectivity index (χ4v) is 2.23. The normalized spacial score (nSPS) is 12.5. The Hall–Kier alpha value is -0.390. The van der Waals surface area contributed by atoms with Crippen LogP contribution in [0.2, 0.25) is 5.15 Å². The fraction of sp³-hybridized carbons (Fsp3) is 0.167. The third-order valence-electron chi connectivity index (χ3n) is 2.23. The standard InChI is InChI=1S/C12H9Cl2IN2/c1-7(13)12-16-10(9(15)11(14)17-12)8-5-3-2-4-6-8/h2-7H,1H3. The van der Waals surface area contributed by atoms with Crippen LogP contribution in [0.1, 0.15) is 18.1 Å². The summed E-state index contributed by atoms with van der Waals surface area (Å²) >= 11 is 14.2. The number of hydrogen-bond acceptors (Lipinski definition) is 2. The van der Waals surface area contributed by atoms with Gasteiger partial charge in [0.05, 0.1) is 14.6 Å². The minimum Gasteiger partial charge on any atom is -0.230 e. The van der Waals surface area contributed by atoms with Crippen molar-refractivity contribution in [1.82, 2.24) is 9.97 Å². The Morgan fingerprint density at radius 3 is 2.41 bits per heavy atom. The molecule has 0 radical (unpaired) electrons. The molecule has 1 aromatic heterocycles. The molecule has 0 amide bonds. The molecular weight excluding hydrogens is 370 g/mol. The summed E-state index contributed by atoms with van der Waals surface area (Å²) in [7, 11) is 0. The quantitative estimate of drug-likeness (QED) is 0.430. The number of benzene rings is 1. The molecule has 0 aliphatic heterocycles. The molecule has 2 nitrogen and oxygen atoms in total. The summed E-state index contributed by atoms with van der Waals surface area (Å²) in [4.78, 5) is 8.64. The fourth-order valence-electron chi connectivity index (χ4n) is 1.40. The Balaban J connectivity index is 2.61. The Kier molecular flexibility index (Phi) is 4.22. The predicted octanol–water partition coefficient (Wildman–Crippen LogP) is 4.70. The summed E-state index contributed by atoms with van der Waals surface area (Å²) in [6.45, 7) is 1.83. The molecule has 2 aromatic rings. The van der Waals surface area contributed by atoms with E-state index in [1.54, 1.807) is 0 Å². The van der Waals surface area contributed by atoms with Gasteiger partial charge in [0.1, 0.15) is 11.0 Å². The van der Waals surface area contributed by atoms with Crippen LogP contribution in [0, 0.1) is 3.57 Å². The van der Waals surface area contributed by atoms with Crippen molar-refractivity contribution < 1.29 is 0 Å². The highest BCUT2D eigenvalue weighted by atomic mass is 127. The van der Waals surface area contributed by atoms with Gasteiger partial charge in [-0.15, -0.1) is 11.6 Å². The molecule has 0 bridgehead atoms. The van der Waals surface area contributed by atoms with Crippen molar-refractivity contribution in [3.63, 3.8) is 0 Å². The second kappa shape index (κ2) is 5.50. The summed E-state index contributed by atoms with van der Waals surface area (Å²) in [5, 5.41) is 0.189. The van der Waals surface area contributed by atoms with Gasteiger partial charge in [-0.1, -0.05) is 41.9 Å². The number of rotatable bonds is 2. The van der Waals surface area contributed by atoms with Crippen LogP contribution in [0.25, 0.3) is 11.3 Å². The first-order valence-electron chi connectivity index (χ1n) is 5.02. The van der Waals surface area contributed by atoms with E-state index in [-0.39, 0.29) is 5.38 Å². The molecule has 1 aromatic carbocycles.